The average molecular weight is 365 g/mol. The molecular formula is C16H16FN3O2S2. The lowest BCUT2D eigenvalue weighted by atomic mass is 10.2. The first-order chi connectivity index (χ1) is 11.5. The van der Waals surface area contributed by atoms with Crippen LogP contribution in [-0.4, -0.2) is 18.2 Å². The first-order valence-electron chi connectivity index (χ1n) is 7.38. The summed E-state index contributed by atoms with van der Waals surface area (Å²) in [6, 6.07) is 8.68. The molecule has 0 bridgehead atoms. The second kappa shape index (κ2) is 6.74. The van der Waals surface area contributed by atoms with Gasteiger partial charge >= 0.3 is 0 Å². The Balaban J connectivity index is 1.86. The van der Waals surface area contributed by atoms with Gasteiger partial charge in [0.2, 0.25) is 0 Å². The number of nitrogens with one attached hydrogen (secondary N) is 1. The number of nitrogens with zero attached hydrogens (tertiary/aromatic N) is 2. The molecule has 126 valence electrons. The van der Waals surface area contributed by atoms with Crippen LogP contribution < -0.4 is 4.72 Å². The fourth-order valence-corrected chi connectivity index (χ4v) is 4.52. The van der Waals surface area contributed by atoms with Gasteiger partial charge in [-0.15, -0.1) is 11.3 Å². The third-order valence-electron chi connectivity index (χ3n) is 3.38. The van der Waals surface area contributed by atoms with E-state index in [9.17, 15) is 12.8 Å². The summed E-state index contributed by atoms with van der Waals surface area (Å²) in [7, 11) is -3.71. The van der Waals surface area contributed by atoms with Crippen molar-refractivity contribution in [2.75, 3.05) is 4.72 Å². The number of rotatable bonds is 6. The van der Waals surface area contributed by atoms with E-state index >= 15 is 0 Å². The molecule has 8 heteroatoms. The Labute approximate surface area is 143 Å². The van der Waals surface area contributed by atoms with Crippen LogP contribution in [0.3, 0.4) is 0 Å². The molecule has 0 amide bonds. The molecule has 0 spiro atoms. The number of hydrogen-bond donors (Lipinski definition) is 1. The minimum atomic E-state index is -3.71. The van der Waals surface area contributed by atoms with Crippen LogP contribution in [0.4, 0.5) is 10.1 Å². The van der Waals surface area contributed by atoms with Crippen LogP contribution in [0.5, 0.6) is 0 Å². The molecule has 2 heterocycles. The summed E-state index contributed by atoms with van der Waals surface area (Å²) >= 11 is 1.14. The lowest BCUT2D eigenvalue weighted by molar-refractivity contribution is 0.602. The van der Waals surface area contributed by atoms with E-state index in [0.717, 1.165) is 35.6 Å². The van der Waals surface area contributed by atoms with Crippen LogP contribution in [0.1, 0.15) is 13.3 Å². The average Bonchev–Trinajstić information content (AvgIpc) is 3.18. The number of thiophene rings is 1. The second-order valence-corrected chi connectivity index (χ2v) is 8.03. The SMILES string of the molecule is CCCn1nccc1-c1csc(S(=O)(=O)Nc2ccc(F)cc2)c1. The van der Waals surface area contributed by atoms with E-state index in [1.807, 2.05) is 10.7 Å². The summed E-state index contributed by atoms with van der Waals surface area (Å²) in [6.45, 7) is 2.83. The maximum absolute atomic E-state index is 12.9. The monoisotopic (exact) mass is 365 g/mol. The summed E-state index contributed by atoms with van der Waals surface area (Å²) in [4.78, 5) is 0. The number of benzene rings is 1. The minimum Gasteiger partial charge on any atom is -0.279 e. The van der Waals surface area contributed by atoms with Gasteiger partial charge in [0.05, 0.1) is 5.69 Å². The molecule has 1 N–H and O–H groups in total. The fraction of sp³-hybridized carbons (Fsp3) is 0.188. The largest absolute Gasteiger partial charge is 0.279 e. The van der Waals surface area contributed by atoms with Gasteiger partial charge in [-0.25, -0.2) is 12.8 Å². The van der Waals surface area contributed by atoms with Gasteiger partial charge in [0, 0.05) is 29.4 Å². The predicted molar refractivity (Wildman–Crippen MR) is 93.0 cm³/mol. The zero-order valence-corrected chi connectivity index (χ0v) is 14.6. The van der Waals surface area contributed by atoms with Gasteiger partial charge in [0.25, 0.3) is 10.0 Å². The molecule has 5 nitrogen and oxygen atoms in total. The highest BCUT2D eigenvalue weighted by molar-refractivity contribution is 7.94. The van der Waals surface area contributed by atoms with Crippen molar-refractivity contribution in [1.29, 1.82) is 0 Å². The van der Waals surface area contributed by atoms with E-state index in [2.05, 4.69) is 16.7 Å². The quantitative estimate of drug-likeness (QED) is 0.719. The van der Waals surface area contributed by atoms with Crippen molar-refractivity contribution in [3.05, 3.63) is 53.8 Å². The van der Waals surface area contributed by atoms with Gasteiger partial charge < -0.3 is 0 Å². The van der Waals surface area contributed by atoms with E-state index in [-0.39, 0.29) is 4.21 Å². The highest BCUT2D eigenvalue weighted by Crippen LogP contribution is 2.29. The van der Waals surface area contributed by atoms with Crippen LogP contribution in [0.2, 0.25) is 0 Å². The van der Waals surface area contributed by atoms with Crippen LogP contribution >= 0.6 is 11.3 Å². The molecule has 0 unspecified atom stereocenters. The molecule has 0 aliphatic rings. The third-order valence-corrected chi connectivity index (χ3v) is 6.21. The number of aromatic nitrogens is 2. The molecule has 0 saturated carbocycles. The van der Waals surface area contributed by atoms with Gasteiger partial charge in [-0.1, -0.05) is 6.92 Å². The Hall–Kier alpha value is -2.19. The Bertz CT molecular complexity index is 930. The Morgan fingerprint density at radius 3 is 2.71 bits per heavy atom. The maximum atomic E-state index is 12.9. The topological polar surface area (TPSA) is 64.0 Å². The Morgan fingerprint density at radius 2 is 2.00 bits per heavy atom. The first kappa shape index (κ1) is 16.7. The first-order valence-corrected chi connectivity index (χ1v) is 9.75. The van der Waals surface area contributed by atoms with Crippen LogP contribution in [0.15, 0.2) is 52.2 Å². The molecule has 1 aromatic carbocycles. The highest BCUT2D eigenvalue weighted by atomic mass is 32.2. The molecule has 0 saturated heterocycles. The smallest absolute Gasteiger partial charge is 0.271 e. The fourth-order valence-electron chi connectivity index (χ4n) is 2.28. The van der Waals surface area contributed by atoms with Gasteiger partial charge in [-0.2, -0.15) is 5.10 Å². The predicted octanol–water partition coefficient (Wildman–Crippen LogP) is 3.96. The summed E-state index contributed by atoms with van der Waals surface area (Å²) in [5.41, 5.74) is 2.02. The van der Waals surface area contributed by atoms with Crippen molar-refractivity contribution >= 4 is 27.0 Å². The minimum absolute atomic E-state index is 0.200. The molecule has 2 aromatic heterocycles. The highest BCUT2D eigenvalue weighted by Gasteiger charge is 2.18. The maximum Gasteiger partial charge on any atom is 0.271 e. The van der Waals surface area contributed by atoms with Gasteiger partial charge in [-0.3, -0.25) is 9.40 Å². The van der Waals surface area contributed by atoms with E-state index < -0.39 is 15.8 Å². The van der Waals surface area contributed by atoms with E-state index in [1.54, 1.807) is 17.6 Å². The Morgan fingerprint density at radius 1 is 1.25 bits per heavy atom. The molecule has 24 heavy (non-hydrogen) atoms. The van der Waals surface area contributed by atoms with Gasteiger partial charge in [0.1, 0.15) is 10.0 Å². The van der Waals surface area contributed by atoms with E-state index in [1.165, 1.54) is 24.3 Å². The summed E-state index contributed by atoms with van der Waals surface area (Å²) in [5, 5.41) is 6.04. The van der Waals surface area contributed by atoms with Crippen LogP contribution in [-0.2, 0) is 16.6 Å². The number of anilines is 1. The summed E-state index contributed by atoms with van der Waals surface area (Å²) in [6.07, 6.45) is 2.64. The van der Waals surface area contributed by atoms with Crippen molar-refractivity contribution in [3.8, 4) is 11.3 Å². The molecule has 3 rings (SSSR count). The normalized spacial score (nSPS) is 11.6. The van der Waals surface area contributed by atoms with E-state index in [4.69, 9.17) is 0 Å². The molecular weight excluding hydrogens is 349 g/mol. The number of hydrogen-bond acceptors (Lipinski definition) is 4. The molecule has 3 aromatic rings. The second-order valence-electron chi connectivity index (χ2n) is 5.21. The Kier molecular flexibility index (Phi) is 4.68. The molecule has 0 radical (unpaired) electrons. The lowest BCUT2D eigenvalue weighted by Gasteiger charge is -2.06. The number of sulfonamides is 1. The van der Waals surface area contributed by atoms with Crippen LogP contribution in [0.25, 0.3) is 11.3 Å². The molecule has 0 fully saturated rings. The van der Waals surface area contributed by atoms with Crippen LogP contribution in [0, 0.1) is 5.82 Å². The van der Waals surface area contributed by atoms with Gasteiger partial charge in [-0.05, 0) is 42.8 Å². The van der Waals surface area contributed by atoms with Gasteiger partial charge in [0.15, 0.2) is 0 Å². The zero-order chi connectivity index (χ0) is 17.2. The summed E-state index contributed by atoms with van der Waals surface area (Å²) < 4.78 is 42.4. The molecule has 0 aliphatic heterocycles. The third kappa shape index (κ3) is 3.49. The molecule has 0 atom stereocenters. The zero-order valence-electron chi connectivity index (χ0n) is 12.9. The van der Waals surface area contributed by atoms with Crippen molar-refractivity contribution in [1.82, 2.24) is 9.78 Å². The lowest BCUT2D eigenvalue weighted by Crippen LogP contribution is -2.11. The van der Waals surface area contributed by atoms with Crippen molar-refractivity contribution < 1.29 is 12.8 Å². The standard InChI is InChI=1S/C16H16FN3O2S2/c1-2-9-20-15(7-8-18-20)12-10-16(23-11-12)24(21,22)19-14-5-3-13(17)4-6-14/h3-8,10-11,19H,2,9H2,1H3. The number of halogens is 1. The van der Waals surface area contributed by atoms with E-state index in [0.29, 0.717) is 5.69 Å². The molecule has 0 aliphatic carbocycles. The number of aryl methyl sites for hydroxylation is 1. The van der Waals surface area contributed by atoms with Crippen molar-refractivity contribution in [3.63, 3.8) is 0 Å². The van der Waals surface area contributed by atoms with Crippen molar-refractivity contribution in [2.24, 2.45) is 0 Å². The van der Waals surface area contributed by atoms with Crippen molar-refractivity contribution in [2.45, 2.75) is 24.1 Å². The summed E-state index contributed by atoms with van der Waals surface area (Å²) in [5.74, 6) is -0.416.